The van der Waals surface area contributed by atoms with Gasteiger partial charge in [0.1, 0.15) is 0 Å². The molecule has 126 valence electrons. The lowest BCUT2D eigenvalue weighted by molar-refractivity contribution is -0.142. The van der Waals surface area contributed by atoms with Gasteiger partial charge in [-0.05, 0) is 31.2 Å². The van der Waals surface area contributed by atoms with Crippen LogP contribution in [0.15, 0.2) is 30.3 Å². The third-order valence-electron chi connectivity index (χ3n) is 5.15. The van der Waals surface area contributed by atoms with E-state index in [2.05, 4.69) is 12.2 Å². The highest BCUT2D eigenvalue weighted by molar-refractivity contribution is 5.83. The standard InChI is InChI=1S/C19H27NO3/c1-2-19(11-7-4-8-12-19)18(23)20-14-16(17(21)22)13-15-9-5-3-6-10-15/h3,5-6,9-10,16H,2,4,7-8,11-14H2,1H3,(H,20,23)(H,21,22). The number of nitrogens with one attached hydrogen (secondary N) is 1. The van der Waals surface area contributed by atoms with Crippen LogP contribution in [0.3, 0.4) is 0 Å². The van der Waals surface area contributed by atoms with Gasteiger partial charge in [-0.25, -0.2) is 0 Å². The summed E-state index contributed by atoms with van der Waals surface area (Å²) in [6.45, 7) is 2.26. The summed E-state index contributed by atoms with van der Waals surface area (Å²) in [6.07, 6.45) is 6.49. The zero-order valence-corrected chi connectivity index (χ0v) is 13.9. The first-order chi connectivity index (χ1) is 11.1. The lowest BCUT2D eigenvalue weighted by Gasteiger charge is -2.35. The van der Waals surface area contributed by atoms with Gasteiger partial charge in [0.25, 0.3) is 0 Å². The molecule has 1 aliphatic rings. The van der Waals surface area contributed by atoms with Crippen LogP contribution in [0.4, 0.5) is 0 Å². The number of aliphatic carboxylic acids is 1. The number of hydrogen-bond donors (Lipinski definition) is 2. The van der Waals surface area contributed by atoms with E-state index in [9.17, 15) is 14.7 Å². The molecule has 1 aromatic carbocycles. The molecule has 4 heteroatoms. The molecule has 1 atom stereocenters. The van der Waals surface area contributed by atoms with E-state index in [0.29, 0.717) is 6.42 Å². The van der Waals surface area contributed by atoms with Gasteiger partial charge in [-0.3, -0.25) is 9.59 Å². The summed E-state index contributed by atoms with van der Waals surface area (Å²) >= 11 is 0. The van der Waals surface area contributed by atoms with Crippen LogP contribution in [0, 0.1) is 11.3 Å². The fourth-order valence-corrected chi connectivity index (χ4v) is 3.52. The molecule has 4 nitrogen and oxygen atoms in total. The third-order valence-corrected chi connectivity index (χ3v) is 5.15. The molecule has 1 aliphatic carbocycles. The Morgan fingerprint density at radius 2 is 1.83 bits per heavy atom. The summed E-state index contributed by atoms with van der Waals surface area (Å²) in [5, 5.41) is 12.4. The first kappa shape index (κ1) is 17.5. The number of carboxylic acids is 1. The molecule has 1 aromatic rings. The van der Waals surface area contributed by atoms with Gasteiger partial charge in [0, 0.05) is 12.0 Å². The average molecular weight is 317 g/mol. The van der Waals surface area contributed by atoms with Crippen LogP contribution in [0.5, 0.6) is 0 Å². The van der Waals surface area contributed by atoms with Gasteiger partial charge in [0.2, 0.25) is 5.91 Å². The lowest BCUT2D eigenvalue weighted by atomic mass is 9.71. The van der Waals surface area contributed by atoms with Crippen molar-refractivity contribution < 1.29 is 14.7 Å². The molecule has 0 heterocycles. The third kappa shape index (κ3) is 4.57. The summed E-state index contributed by atoms with van der Waals surface area (Å²) < 4.78 is 0. The Hall–Kier alpha value is -1.84. The van der Waals surface area contributed by atoms with E-state index in [0.717, 1.165) is 37.7 Å². The summed E-state index contributed by atoms with van der Waals surface area (Å²) in [5.74, 6) is -1.40. The van der Waals surface area contributed by atoms with Crippen molar-refractivity contribution in [1.29, 1.82) is 0 Å². The van der Waals surface area contributed by atoms with Crippen molar-refractivity contribution in [3.05, 3.63) is 35.9 Å². The minimum Gasteiger partial charge on any atom is -0.481 e. The number of rotatable bonds is 7. The highest BCUT2D eigenvalue weighted by Gasteiger charge is 2.37. The van der Waals surface area contributed by atoms with E-state index in [1.807, 2.05) is 30.3 Å². The Morgan fingerprint density at radius 3 is 2.39 bits per heavy atom. The quantitative estimate of drug-likeness (QED) is 0.810. The second-order valence-electron chi connectivity index (χ2n) is 6.63. The minimum atomic E-state index is -0.858. The van der Waals surface area contributed by atoms with Crippen molar-refractivity contribution in [2.45, 2.75) is 51.9 Å². The van der Waals surface area contributed by atoms with Gasteiger partial charge < -0.3 is 10.4 Å². The number of hydrogen-bond acceptors (Lipinski definition) is 2. The molecule has 1 unspecified atom stereocenters. The van der Waals surface area contributed by atoms with Crippen molar-refractivity contribution in [2.75, 3.05) is 6.54 Å². The fourth-order valence-electron chi connectivity index (χ4n) is 3.52. The number of carbonyl (C=O) groups excluding carboxylic acids is 1. The van der Waals surface area contributed by atoms with Crippen LogP contribution in [0.1, 0.15) is 51.0 Å². The predicted octanol–water partition coefficient (Wildman–Crippen LogP) is 3.41. The van der Waals surface area contributed by atoms with Crippen molar-refractivity contribution in [3.63, 3.8) is 0 Å². The molecule has 1 saturated carbocycles. The SMILES string of the molecule is CCC1(C(=O)NCC(Cc2ccccc2)C(=O)O)CCCCC1. The summed E-state index contributed by atoms with van der Waals surface area (Å²) in [5.41, 5.74) is 0.700. The van der Waals surface area contributed by atoms with E-state index in [-0.39, 0.29) is 17.9 Å². The smallest absolute Gasteiger partial charge is 0.308 e. The van der Waals surface area contributed by atoms with Crippen LogP contribution in [0.25, 0.3) is 0 Å². The topological polar surface area (TPSA) is 66.4 Å². The Labute approximate surface area is 138 Å². The van der Waals surface area contributed by atoms with E-state index in [1.54, 1.807) is 0 Å². The van der Waals surface area contributed by atoms with Crippen molar-refractivity contribution in [2.24, 2.45) is 11.3 Å². The second-order valence-corrected chi connectivity index (χ2v) is 6.63. The Morgan fingerprint density at radius 1 is 1.17 bits per heavy atom. The Kier molecular flexibility index (Phi) is 6.20. The number of carboxylic acid groups (broad SMARTS) is 1. The van der Waals surface area contributed by atoms with Gasteiger partial charge >= 0.3 is 5.97 Å². The van der Waals surface area contributed by atoms with Gasteiger partial charge in [0.05, 0.1) is 5.92 Å². The molecule has 23 heavy (non-hydrogen) atoms. The van der Waals surface area contributed by atoms with E-state index in [4.69, 9.17) is 0 Å². The summed E-state index contributed by atoms with van der Waals surface area (Å²) in [7, 11) is 0. The summed E-state index contributed by atoms with van der Waals surface area (Å²) in [6, 6.07) is 9.57. The van der Waals surface area contributed by atoms with Crippen molar-refractivity contribution in [1.82, 2.24) is 5.32 Å². The molecule has 0 aliphatic heterocycles. The number of carbonyl (C=O) groups is 2. The monoisotopic (exact) mass is 317 g/mol. The van der Waals surface area contributed by atoms with E-state index < -0.39 is 11.9 Å². The van der Waals surface area contributed by atoms with Gasteiger partial charge in [-0.1, -0.05) is 56.5 Å². The minimum absolute atomic E-state index is 0.0408. The zero-order chi connectivity index (χ0) is 16.7. The highest BCUT2D eigenvalue weighted by Crippen LogP contribution is 2.39. The molecule has 2 rings (SSSR count). The predicted molar refractivity (Wildman–Crippen MR) is 90.1 cm³/mol. The van der Waals surface area contributed by atoms with E-state index in [1.165, 1.54) is 6.42 Å². The molecule has 0 radical (unpaired) electrons. The fraction of sp³-hybridized carbons (Fsp3) is 0.579. The Balaban J connectivity index is 1.95. The molecule has 2 N–H and O–H groups in total. The number of benzene rings is 1. The maximum atomic E-state index is 12.6. The lowest BCUT2D eigenvalue weighted by Crippen LogP contribution is -2.44. The largest absolute Gasteiger partial charge is 0.481 e. The molecule has 0 bridgehead atoms. The van der Waals surface area contributed by atoms with Crippen LogP contribution in [-0.2, 0) is 16.0 Å². The van der Waals surface area contributed by atoms with Gasteiger partial charge in [-0.2, -0.15) is 0 Å². The normalized spacial score (nSPS) is 18.1. The van der Waals surface area contributed by atoms with Crippen LogP contribution in [0.2, 0.25) is 0 Å². The zero-order valence-electron chi connectivity index (χ0n) is 13.9. The first-order valence-electron chi connectivity index (χ1n) is 8.62. The van der Waals surface area contributed by atoms with Crippen molar-refractivity contribution in [3.8, 4) is 0 Å². The van der Waals surface area contributed by atoms with Gasteiger partial charge in [-0.15, -0.1) is 0 Å². The Bertz CT molecular complexity index is 521. The van der Waals surface area contributed by atoms with Crippen LogP contribution in [-0.4, -0.2) is 23.5 Å². The molecular formula is C19H27NO3. The maximum absolute atomic E-state index is 12.6. The first-order valence-corrected chi connectivity index (χ1v) is 8.62. The van der Waals surface area contributed by atoms with Crippen molar-refractivity contribution >= 4 is 11.9 Å². The van der Waals surface area contributed by atoms with E-state index >= 15 is 0 Å². The molecular weight excluding hydrogens is 290 g/mol. The van der Waals surface area contributed by atoms with Crippen LogP contribution >= 0.6 is 0 Å². The molecule has 1 fully saturated rings. The summed E-state index contributed by atoms with van der Waals surface area (Å²) in [4.78, 5) is 24.1. The average Bonchev–Trinajstić information content (AvgIpc) is 2.59. The van der Waals surface area contributed by atoms with Gasteiger partial charge in [0.15, 0.2) is 0 Å². The molecule has 0 spiro atoms. The van der Waals surface area contributed by atoms with Crippen LogP contribution < -0.4 is 5.32 Å². The molecule has 0 saturated heterocycles. The molecule has 0 aromatic heterocycles. The second kappa shape index (κ2) is 8.14. The molecule has 1 amide bonds. The highest BCUT2D eigenvalue weighted by atomic mass is 16.4. The number of amides is 1. The maximum Gasteiger partial charge on any atom is 0.308 e.